The predicted molar refractivity (Wildman–Crippen MR) is 144 cm³/mol. The summed E-state index contributed by atoms with van der Waals surface area (Å²) in [4.78, 5) is 19.0. The monoisotopic (exact) mass is 518 g/mol. The Labute approximate surface area is 222 Å². The molecule has 192 valence electrons. The molecular weight excluding hydrogens is 488 g/mol. The van der Waals surface area contributed by atoms with Gasteiger partial charge in [-0.25, -0.2) is 4.79 Å². The molecule has 2 aliphatic heterocycles. The van der Waals surface area contributed by atoms with Gasteiger partial charge in [0.15, 0.2) is 0 Å². The molecule has 6 nitrogen and oxygen atoms in total. The van der Waals surface area contributed by atoms with Crippen LogP contribution in [0.2, 0.25) is 5.02 Å². The number of hydrogen-bond donors (Lipinski definition) is 0. The molecule has 1 saturated heterocycles. The van der Waals surface area contributed by atoms with Crippen molar-refractivity contribution in [3.05, 3.63) is 94.3 Å². The zero-order chi connectivity index (χ0) is 25.6. The van der Waals surface area contributed by atoms with E-state index < -0.39 is 6.16 Å². The number of piperidine rings is 1. The van der Waals surface area contributed by atoms with Crippen molar-refractivity contribution in [1.82, 2.24) is 9.88 Å². The number of rotatable bonds is 6. The molecular formula is C30H31ClN2O4. The van der Waals surface area contributed by atoms with Crippen LogP contribution in [0.5, 0.6) is 11.5 Å². The summed E-state index contributed by atoms with van der Waals surface area (Å²) in [6, 6.07) is 17.7. The van der Waals surface area contributed by atoms with Gasteiger partial charge in [-0.3, -0.25) is 4.98 Å². The summed E-state index contributed by atoms with van der Waals surface area (Å²) < 4.78 is 16.4. The topological polar surface area (TPSA) is 60.9 Å². The minimum Gasteiger partial charge on any atom is -0.487 e. The number of fused-ring (bicyclic) bond motifs is 2. The lowest BCUT2D eigenvalue weighted by Crippen LogP contribution is -2.33. The summed E-state index contributed by atoms with van der Waals surface area (Å²) in [7, 11) is 0. The molecule has 0 atom stereocenters. The molecule has 3 heterocycles. The first-order chi connectivity index (χ1) is 18.1. The van der Waals surface area contributed by atoms with Crippen LogP contribution in [-0.2, 0) is 11.3 Å². The number of aromatic nitrogens is 1. The van der Waals surface area contributed by atoms with Gasteiger partial charge in [0.05, 0.1) is 12.3 Å². The van der Waals surface area contributed by atoms with Crippen molar-refractivity contribution in [2.24, 2.45) is 0 Å². The molecule has 1 aromatic heterocycles. The summed E-state index contributed by atoms with van der Waals surface area (Å²) in [6.45, 7) is 5.52. The first-order valence-electron chi connectivity index (χ1n) is 12.8. The zero-order valence-corrected chi connectivity index (χ0v) is 21.7. The minimum atomic E-state index is -0.716. The van der Waals surface area contributed by atoms with Gasteiger partial charge in [-0.2, -0.15) is 0 Å². The molecule has 0 saturated carbocycles. The van der Waals surface area contributed by atoms with Crippen molar-refractivity contribution in [2.45, 2.75) is 38.7 Å². The summed E-state index contributed by atoms with van der Waals surface area (Å²) in [5, 5.41) is 0.788. The third-order valence-electron chi connectivity index (χ3n) is 6.97. The highest BCUT2D eigenvalue weighted by molar-refractivity contribution is 6.30. The highest BCUT2D eigenvalue weighted by Crippen LogP contribution is 2.38. The maximum Gasteiger partial charge on any atom is 0.513 e. The largest absolute Gasteiger partial charge is 0.513 e. The maximum atomic E-state index is 11.9. The molecule has 0 spiro atoms. The van der Waals surface area contributed by atoms with Crippen molar-refractivity contribution >= 4 is 23.3 Å². The van der Waals surface area contributed by atoms with Crippen LogP contribution in [0.3, 0.4) is 0 Å². The molecule has 0 radical (unpaired) electrons. The van der Waals surface area contributed by atoms with Crippen LogP contribution in [0.1, 0.15) is 54.5 Å². The Morgan fingerprint density at radius 3 is 2.73 bits per heavy atom. The van der Waals surface area contributed by atoms with E-state index in [1.807, 2.05) is 30.3 Å². The van der Waals surface area contributed by atoms with Crippen LogP contribution in [0.4, 0.5) is 4.79 Å². The van der Waals surface area contributed by atoms with Crippen LogP contribution in [0, 0.1) is 0 Å². The van der Waals surface area contributed by atoms with Crippen molar-refractivity contribution in [1.29, 1.82) is 0 Å². The molecule has 37 heavy (non-hydrogen) atoms. The number of likely N-dealkylation sites (tertiary alicyclic amines) is 1. The third kappa shape index (κ3) is 6.14. The molecule has 0 bridgehead atoms. The van der Waals surface area contributed by atoms with Gasteiger partial charge < -0.3 is 19.1 Å². The highest BCUT2D eigenvalue weighted by Gasteiger charge is 2.23. The Balaban J connectivity index is 1.31. The summed E-state index contributed by atoms with van der Waals surface area (Å²) in [5.74, 6) is 1.75. The molecule has 2 aromatic carbocycles. The molecule has 3 aromatic rings. The van der Waals surface area contributed by atoms with E-state index in [1.165, 1.54) is 5.56 Å². The fourth-order valence-corrected chi connectivity index (χ4v) is 5.20. The van der Waals surface area contributed by atoms with Crippen molar-refractivity contribution in [2.75, 3.05) is 26.2 Å². The zero-order valence-electron chi connectivity index (χ0n) is 21.0. The van der Waals surface area contributed by atoms with E-state index in [0.29, 0.717) is 18.3 Å². The normalized spacial score (nSPS) is 16.9. The second kappa shape index (κ2) is 11.8. The van der Waals surface area contributed by atoms with Crippen LogP contribution in [-0.4, -0.2) is 42.3 Å². The van der Waals surface area contributed by atoms with E-state index in [-0.39, 0.29) is 6.61 Å². The lowest BCUT2D eigenvalue weighted by Gasteiger charge is -2.32. The Hall–Kier alpha value is -3.35. The van der Waals surface area contributed by atoms with Gasteiger partial charge in [-0.05, 0) is 92.7 Å². The summed E-state index contributed by atoms with van der Waals surface area (Å²) >= 11 is 6.06. The van der Waals surface area contributed by atoms with Crippen LogP contribution >= 0.6 is 11.6 Å². The van der Waals surface area contributed by atoms with Gasteiger partial charge in [0, 0.05) is 28.9 Å². The van der Waals surface area contributed by atoms with Crippen LogP contribution in [0.15, 0.2) is 66.9 Å². The van der Waals surface area contributed by atoms with Crippen molar-refractivity contribution in [3.63, 3.8) is 0 Å². The summed E-state index contributed by atoms with van der Waals surface area (Å²) in [5.41, 5.74) is 5.24. The van der Waals surface area contributed by atoms with Gasteiger partial charge in [0.2, 0.25) is 0 Å². The van der Waals surface area contributed by atoms with Gasteiger partial charge in [0.1, 0.15) is 18.1 Å². The van der Waals surface area contributed by atoms with E-state index in [2.05, 4.69) is 34.2 Å². The second-order valence-corrected chi connectivity index (χ2v) is 9.74. The first kappa shape index (κ1) is 25.3. The minimum absolute atomic E-state index is 0.258. The summed E-state index contributed by atoms with van der Waals surface area (Å²) in [6.07, 6.45) is 6.51. The van der Waals surface area contributed by atoms with Crippen molar-refractivity contribution in [3.8, 4) is 11.5 Å². The van der Waals surface area contributed by atoms with Crippen LogP contribution in [0.25, 0.3) is 5.57 Å². The SMILES string of the molecule is CCOC(=O)Oc1ccc2c(c1)C(=CCCN1CCC(c3ccc(Cl)cc3)CC1)c1cccnc1CO2. The predicted octanol–water partition coefficient (Wildman–Crippen LogP) is 6.86. The fraction of sp³-hybridized carbons (Fsp3) is 0.333. The Kier molecular flexibility index (Phi) is 8.07. The Bertz CT molecular complexity index is 1270. The van der Waals surface area contributed by atoms with Gasteiger partial charge >= 0.3 is 6.16 Å². The number of hydrogen-bond acceptors (Lipinski definition) is 6. The van der Waals surface area contributed by atoms with Gasteiger partial charge in [0.25, 0.3) is 0 Å². The third-order valence-corrected chi connectivity index (χ3v) is 7.22. The van der Waals surface area contributed by atoms with E-state index in [9.17, 15) is 4.79 Å². The van der Waals surface area contributed by atoms with Gasteiger partial charge in [-0.15, -0.1) is 0 Å². The number of nitrogens with zero attached hydrogens (tertiary/aromatic N) is 2. The molecule has 1 fully saturated rings. The number of carbonyl (C=O) groups excluding carboxylic acids is 1. The number of benzene rings is 2. The number of pyridine rings is 1. The van der Waals surface area contributed by atoms with E-state index >= 15 is 0 Å². The molecule has 0 unspecified atom stereocenters. The van der Waals surface area contributed by atoms with Gasteiger partial charge in [-0.1, -0.05) is 35.9 Å². The lowest BCUT2D eigenvalue weighted by molar-refractivity contribution is 0.104. The molecule has 0 amide bonds. The average molecular weight is 519 g/mol. The van der Waals surface area contributed by atoms with Crippen molar-refractivity contribution < 1.29 is 19.0 Å². The fourth-order valence-electron chi connectivity index (χ4n) is 5.08. The maximum absolute atomic E-state index is 11.9. The quantitative estimate of drug-likeness (QED) is 0.262. The number of halogens is 1. The first-order valence-corrected chi connectivity index (χ1v) is 13.2. The van der Waals surface area contributed by atoms with E-state index in [4.69, 9.17) is 25.8 Å². The lowest BCUT2D eigenvalue weighted by atomic mass is 9.89. The van der Waals surface area contributed by atoms with E-state index in [0.717, 1.165) is 72.1 Å². The molecule has 2 aliphatic rings. The molecule has 7 heteroatoms. The molecule has 0 N–H and O–H groups in total. The molecule has 0 aliphatic carbocycles. The Morgan fingerprint density at radius 1 is 1.14 bits per heavy atom. The van der Waals surface area contributed by atoms with Crippen LogP contribution < -0.4 is 9.47 Å². The smallest absolute Gasteiger partial charge is 0.487 e. The Morgan fingerprint density at radius 2 is 1.95 bits per heavy atom. The highest BCUT2D eigenvalue weighted by atomic mass is 35.5. The average Bonchev–Trinajstić information content (AvgIpc) is 3.06. The molecule has 5 rings (SSSR count). The standard InChI is InChI=1S/C30H31ClN2O4/c1-2-35-30(34)37-24-11-12-29-27(19-24)25(26-5-3-15-32-28(26)20-36-29)6-4-16-33-17-13-22(14-18-33)21-7-9-23(31)10-8-21/h3,5-12,15,19,22H,2,4,13-14,16-18,20H2,1H3. The van der Waals surface area contributed by atoms with E-state index in [1.54, 1.807) is 19.2 Å². The number of carbonyl (C=O) groups is 1. The number of ether oxygens (including phenoxy) is 3. The second-order valence-electron chi connectivity index (χ2n) is 9.30.